The first-order valence-electron chi connectivity index (χ1n) is 5.06. The largest absolute Gasteiger partial charge is 0.573 e. The van der Waals surface area contributed by atoms with E-state index in [1.807, 2.05) is 0 Å². The zero-order valence-electron chi connectivity index (χ0n) is 9.91. The summed E-state index contributed by atoms with van der Waals surface area (Å²) in [6.07, 6.45) is -4.74. The van der Waals surface area contributed by atoms with Crippen molar-refractivity contribution in [2.24, 2.45) is 0 Å². The van der Waals surface area contributed by atoms with Gasteiger partial charge in [-0.25, -0.2) is 0 Å². The van der Waals surface area contributed by atoms with Crippen LogP contribution in [-0.4, -0.2) is 37.8 Å². The van der Waals surface area contributed by atoms with Crippen LogP contribution in [0, 0.1) is 0 Å². The summed E-state index contributed by atoms with van der Waals surface area (Å²) in [5.74, 6) is -0.686. The monoisotopic (exact) mass is 262 g/mol. The fourth-order valence-electron chi connectivity index (χ4n) is 1.26. The number of anilines is 1. The average Bonchev–Trinajstić information content (AvgIpc) is 2.13. The maximum absolute atomic E-state index is 12.0. The number of carbonyl (C=O) groups excluding carboxylic acids is 1. The lowest BCUT2D eigenvalue weighted by Crippen LogP contribution is -2.27. The van der Waals surface area contributed by atoms with E-state index in [1.165, 1.54) is 12.1 Å². The number of likely N-dealkylation sites (N-methyl/N-ethyl adjacent to an activating group) is 1. The maximum Gasteiger partial charge on any atom is 0.573 e. The van der Waals surface area contributed by atoms with Gasteiger partial charge < -0.3 is 15.0 Å². The van der Waals surface area contributed by atoms with Gasteiger partial charge in [0.25, 0.3) is 0 Å². The summed E-state index contributed by atoms with van der Waals surface area (Å²) in [7, 11) is 3.42. The van der Waals surface area contributed by atoms with Crippen LogP contribution >= 0.6 is 0 Å². The second-order valence-corrected chi connectivity index (χ2v) is 3.86. The third kappa shape index (κ3) is 5.53. The topological polar surface area (TPSA) is 41.6 Å². The van der Waals surface area contributed by atoms with Crippen molar-refractivity contribution in [3.8, 4) is 5.75 Å². The molecule has 0 unspecified atom stereocenters. The summed E-state index contributed by atoms with van der Waals surface area (Å²) in [4.78, 5) is 13.0. The van der Waals surface area contributed by atoms with Gasteiger partial charge in [0.05, 0.1) is 6.54 Å². The van der Waals surface area contributed by atoms with Gasteiger partial charge in [-0.1, -0.05) is 6.07 Å². The number of amides is 1. The average molecular weight is 262 g/mol. The second kappa shape index (κ2) is 5.72. The first-order valence-corrected chi connectivity index (χ1v) is 5.06. The number of nitrogens with one attached hydrogen (secondary N) is 1. The molecule has 18 heavy (non-hydrogen) atoms. The molecule has 0 aromatic heterocycles. The SMILES string of the molecule is CN(C)CC(=O)Nc1cccc(OC(F)(F)F)c1. The summed E-state index contributed by atoms with van der Waals surface area (Å²) in [5, 5.41) is 2.47. The van der Waals surface area contributed by atoms with Crippen LogP contribution in [-0.2, 0) is 4.79 Å². The first kappa shape index (κ1) is 14.3. The number of hydrogen-bond donors (Lipinski definition) is 1. The lowest BCUT2D eigenvalue weighted by molar-refractivity contribution is -0.274. The quantitative estimate of drug-likeness (QED) is 0.903. The number of carbonyl (C=O) groups is 1. The van der Waals surface area contributed by atoms with E-state index in [1.54, 1.807) is 19.0 Å². The van der Waals surface area contributed by atoms with E-state index in [-0.39, 0.29) is 23.9 Å². The number of ether oxygens (including phenoxy) is 1. The molecule has 100 valence electrons. The fourth-order valence-corrected chi connectivity index (χ4v) is 1.26. The number of hydrogen-bond acceptors (Lipinski definition) is 3. The van der Waals surface area contributed by atoms with Crippen molar-refractivity contribution in [3.05, 3.63) is 24.3 Å². The Bertz CT molecular complexity index is 419. The molecule has 0 saturated heterocycles. The molecule has 1 rings (SSSR count). The van der Waals surface area contributed by atoms with Gasteiger partial charge >= 0.3 is 6.36 Å². The predicted molar refractivity (Wildman–Crippen MR) is 60.3 cm³/mol. The molecule has 1 amide bonds. The molecule has 0 spiro atoms. The van der Waals surface area contributed by atoms with E-state index in [9.17, 15) is 18.0 Å². The minimum absolute atomic E-state index is 0.143. The molecule has 0 aliphatic heterocycles. The highest BCUT2D eigenvalue weighted by Crippen LogP contribution is 2.24. The van der Waals surface area contributed by atoms with E-state index in [0.717, 1.165) is 12.1 Å². The van der Waals surface area contributed by atoms with Crippen LogP contribution in [0.25, 0.3) is 0 Å². The summed E-state index contributed by atoms with van der Waals surface area (Å²) in [6.45, 7) is 0.143. The predicted octanol–water partition coefficient (Wildman–Crippen LogP) is 2.09. The fraction of sp³-hybridized carbons (Fsp3) is 0.364. The minimum atomic E-state index is -4.74. The molecule has 0 heterocycles. The Labute approximate surface area is 102 Å². The number of rotatable bonds is 4. The zero-order valence-corrected chi connectivity index (χ0v) is 9.91. The lowest BCUT2D eigenvalue weighted by Gasteiger charge is -2.12. The van der Waals surface area contributed by atoms with Crippen LogP contribution in [0.15, 0.2) is 24.3 Å². The van der Waals surface area contributed by atoms with Crippen molar-refractivity contribution in [3.63, 3.8) is 0 Å². The maximum atomic E-state index is 12.0. The Hall–Kier alpha value is -1.76. The van der Waals surface area contributed by atoms with Crippen LogP contribution < -0.4 is 10.1 Å². The summed E-state index contributed by atoms with van der Waals surface area (Å²) in [6, 6.07) is 5.12. The molecular formula is C11H13F3N2O2. The van der Waals surface area contributed by atoms with E-state index >= 15 is 0 Å². The molecule has 0 aliphatic rings. The Morgan fingerprint density at radius 3 is 2.61 bits per heavy atom. The van der Waals surface area contributed by atoms with Crippen molar-refractivity contribution in [1.29, 1.82) is 0 Å². The van der Waals surface area contributed by atoms with E-state index < -0.39 is 6.36 Å². The van der Waals surface area contributed by atoms with Crippen LogP contribution in [0.1, 0.15) is 0 Å². The molecule has 0 saturated carbocycles. The Morgan fingerprint density at radius 2 is 2.06 bits per heavy atom. The minimum Gasteiger partial charge on any atom is -0.406 e. The van der Waals surface area contributed by atoms with Crippen molar-refractivity contribution < 1.29 is 22.7 Å². The van der Waals surface area contributed by atoms with Gasteiger partial charge in [-0.3, -0.25) is 4.79 Å². The Balaban J connectivity index is 2.68. The third-order valence-electron chi connectivity index (χ3n) is 1.81. The van der Waals surface area contributed by atoms with Crippen LogP contribution in [0.3, 0.4) is 0 Å². The van der Waals surface area contributed by atoms with Crippen molar-refractivity contribution >= 4 is 11.6 Å². The molecule has 0 fully saturated rings. The Kier molecular flexibility index (Phi) is 4.55. The molecule has 0 radical (unpaired) electrons. The van der Waals surface area contributed by atoms with E-state index in [2.05, 4.69) is 10.1 Å². The van der Waals surface area contributed by atoms with Gasteiger partial charge in [-0.05, 0) is 26.2 Å². The number of benzene rings is 1. The molecular weight excluding hydrogens is 249 g/mol. The van der Waals surface area contributed by atoms with Crippen LogP contribution in [0.4, 0.5) is 18.9 Å². The smallest absolute Gasteiger partial charge is 0.406 e. The van der Waals surface area contributed by atoms with E-state index in [0.29, 0.717) is 0 Å². The number of alkyl halides is 3. The Morgan fingerprint density at radius 1 is 1.39 bits per heavy atom. The number of nitrogens with zero attached hydrogens (tertiary/aromatic N) is 1. The molecule has 1 N–H and O–H groups in total. The third-order valence-corrected chi connectivity index (χ3v) is 1.81. The summed E-state index contributed by atoms with van der Waals surface area (Å²) >= 11 is 0. The molecule has 0 aliphatic carbocycles. The summed E-state index contributed by atoms with van der Waals surface area (Å²) in [5.41, 5.74) is 0.253. The van der Waals surface area contributed by atoms with E-state index in [4.69, 9.17) is 0 Å². The molecule has 4 nitrogen and oxygen atoms in total. The van der Waals surface area contributed by atoms with Gasteiger partial charge in [0.15, 0.2) is 0 Å². The van der Waals surface area contributed by atoms with Crippen molar-refractivity contribution in [1.82, 2.24) is 4.90 Å². The molecule has 1 aromatic rings. The van der Waals surface area contributed by atoms with Gasteiger partial charge in [0.2, 0.25) is 5.91 Å². The summed E-state index contributed by atoms with van der Waals surface area (Å²) < 4.78 is 39.7. The molecule has 0 atom stereocenters. The molecule has 0 bridgehead atoms. The highest BCUT2D eigenvalue weighted by atomic mass is 19.4. The van der Waals surface area contributed by atoms with Gasteiger partial charge in [0.1, 0.15) is 5.75 Å². The molecule has 1 aromatic carbocycles. The second-order valence-electron chi connectivity index (χ2n) is 3.86. The van der Waals surface area contributed by atoms with Crippen molar-refractivity contribution in [2.75, 3.05) is 26.0 Å². The van der Waals surface area contributed by atoms with Crippen LogP contribution in [0.5, 0.6) is 5.75 Å². The van der Waals surface area contributed by atoms with Gasteiger partial charge in [-0.15, -0.1) is 13.2 Å². The molecule has 7 heteroatoms. The highest BCUT2D eigenvalue weighted by molar-refractivity contribution is 5.92. The standard InChI is InChI=1S/C11H13F3N2O2/c1-16(2)7-10(17)15-8-4-3-5-9(6-8)18-11(12,13)14/h3-6H,7H2,1-2H3,(H,15,17). The first-order chi connectivity index (χ1) is 8.26. The van der Waals surface area contributed by atoms with Gasteiger partial charge in [0, 0.05) is 11.8 Å². The van der Waals surface area contributed by atoms with Crippen LogP contribution in [0.2, 0.25) is 0 Å². The lowest BCUT2D eigenvalue weighted by atomic mass is 10.3. The zero-order chi connectivity index (χ0) is 13.8. The highest BCUT2D eigenvalue weighted by Gasteiger charge is 2.31. The normalized spacial score (nSPS) is 11.4. The van der Waals surface area contributed by atoms with Crippen molar-refractivity contribution in [2.45, 2.75) is 6.36 Å². The number of halogens is 3. The van der Waals surface area contributed by atoms with Gasteiger partial charge in [-0.2, -0.15) is 0 Å².